The molecule has 0 aliphatic heterocycles. The molecule has 11 heteroatoms. The average Bonchev–Trinajstić information content (AvgIpc) is 3.38. The Labute approximate surface area is 240 Å². The van der Waals surface area contributed by atoms with Crippen LogP contribution >= 0.6 is 11.3 Å². The van der Waals surface area contributed by atoms with E-state index in [1.165, 1.54) is 11.3 Å². The molecule has 2 fully saturated rings. The SMILES string of the molecule is CN(C)C1C(O)C(C(N)=O)C(=O)C2C(=O)C3=C(O)c4c(ccc(Nc5nc(-c6ccccc6)cs5)c4O)CC3CC21. The lowest BCUT2D eigenvalue weighted by Crippen LogP contribution is -2.64. The summed E-state index contributed by atoms with van der Waals surface area (Å²) in [5.41, 5.74) is 8.38. The third-order valence-corrected chi connectivity index (χ3v) is 9.38. The van der Waals surface area contributed by atoms with Crippen molar-refractivity contribution in [1.29, 1.82) is 0 Å². The number of aliphatic hydroxyl groups excluding tert-OH is 2. The van der Waals surface area contributed by atoms with Crippen LogP contribution in [0.3, 0.4) is 0 Å². The smallest absolute Gasteiger partial charge is 0.230 e. The van der Waals surface area contributed by atoms with Crippen molar-refractivity contribution in [3.05, 3.63) is 64.5 Å². The lowest BCUT2D eigenvalue weighted by molar-refractivity contribution is -0.157. The highest BCUT2D eigenvalue weighted by molar-refractivity contribution is 7.14. The van der Waals surface area contributed by atoms with E-state index in [2.05, 4.69) is 10.3 Å². The molecule has 0 radical (unpaired) electrons. The summed E-state index contributed by atoms with van der Waals surface area (Å²) in [5.74, 6) is -6.63. The Kier molecular flexibility index (Phi) is 6.68. The molecule has 1 aromatic heterocycles. The molecule has 6 atom stereocenters. The van der Waals surface area contributed by atoms with Crippen LogP contribution in [0.1, 0.15) is 17.5 Å². The monoisotopic (exact) mass is 574 g/mol. The molecule has 41 heavy (non-hydrogen) atoms. The summed E-state index contributed by atoms with van der Waals surface area (Å²) >= 11 is 1.36. The maximum Gasteiger partial charge on any atom is 0.230 e. The van der Waals surface area contributed by atoms with Crippen molar-refractivity contribution in [3.63, 3.8) is 0 Å². The molecule has 0 bridgehead atoms. The second-order valence-corrected chi connectivity index (χ2v) is 12.0. The predicted molar refractivity (Wildman–Crippen MR) is 153 cm³/mol. The standard InChI is InChI=1S/C30H30N4O6S/c1-34(2)23-16-11-15-10-14-8-9-17(32-30-33-18(12-41-30)13-6-4-3-5-7-13)24(35)19(14)25(36)20(15)26(37)21(16)27(38)22(28(23)39)29(31)40/h3-9,12,15-16,21-23,28,35-36,39H,10-11H2,1-2H3,(H2,31,40)(H,32,33). The first-order valence-corrected chi connectivity index (χ1v) is 14.2. The van der Waals surface area contributed by atoms with Crippen molar-refractivity contribution in [2.75, 3.05) is 19.4 Å². The Hall–Kier alpha value is -4.06. The number of benzene rings is 2. The van der Waals surface area contributed by atoms with E-state index in [1.54, 1.807) is 31.1 Å². The van der Waals surface area contributed by atoms with E-state index >= 15 is 0 Å². The third-order valence-electron chi connectivity index (χ3n) is 8.62. The number of fused-ring (bicyclic) bond motifs is 3. The fraction of sp³-hybridized carbons (Fsp3) is 0.333. The van der Waals surface area contributed by atoms with Gasteiger partial charge in [0, 0.05) is 22.6 Å². The average molecular weight is 575 g/mol. The van der Waals surface area contributed by atoms with E-state index in [9.17, 15) is 29.7 Å². The second kappa shape index (κ2) is 10.1. The van der Waals surface area contributed by atoms with Gasteiger partial charge in [-0.05, 0) is 50.4 Å². The number of rotatable bonds is 5. The van der Waals surface area contributed by atoms with E-state index in [0.717, 1.165) is 11.3 Å². The Morgan fingerprint density at radius 2 is 1.85 bits per heavy atom. The number of aromatic nitrogens is 1. The summed E-state index contributed by atoms with van der Waals surface area (Å²) in [4.78, 5) is 45.7. The number of ketones is 2. The van der Waals surface area contributed by atoms with E-state index in [-0.39, 0.29) is 22.6 Å². The topological polar surface area (TPSA) is 166 Å². The van der Waals surface area contributed by atoms with Crippen LogP contribution < -0.4 is 11.1 Å². The summed E-state index contributed by atoms with van der Waals surface area (Å²) in [7, 11) is 3.44. The van der Waals surface area contributed by atoms with Crippen LogP contribution in [-0.2, 0) is 20.8 Å². The minimum atomic E-state index is -1.52. The minimum Gasteiger partial charge on any atom is -0.507 e. The van der Waals surface area contributed by atoms with Gasteiger partial charge in [-0.1, -0.05) is 36.4 Å². The van der Waals surface area contributed by atoms with Gasteiger partial charge in [-0.2, -0.15) is 0 Å². The highest BCUT2D eigenvalue weighted by atomic mass is 32.1. The van der Waals surface area contributed by atoms with Gasteiger partial charge in [0.05, 0.1) is 29.0 Å². The molecule has 3 aromatic rings. The number of hydrogen-bond donors (Lipinski definition) is 5. The van der Waals surface area contributed by atoms with Crippen molar-refractivity contribution in [2.24, 2.45) is 29.4 Å². The van der Waals surface area contributed by atoms with Crippen molar-refractivity contribution in [1.82, 2.24) is 9.88 Å². The van der Waals surface area contributed by atoms with Crippen LogP contribution in [0.4, 0.5) is 10.8 Å². The Balaban J connectivity index is 1.36. The largest absolute Gasteiger partial charge is 0.507 e. The molecule has 3 aliphatic carbocycles. The number of nitrogens with zero attached hydrogens (tertiary/aromatic N) is 2. The number of aliphatic hydroxyl groups is 2. The molecule has 2 aromatic carbocycles. The third kappa shape index (κ3) is 4.32. The van der Waals surface area contributed by atoms with Gasteiger partial charge in [0.1, 0.15) is 17.4 Å². The quantitative estimate of drug-likeness (QED) is 0.227. The summed E-state index contributed by atoms with van der Waals surface area (Å²) in [6, 6.07) is 12.5. The predicted octanol–water partition coefficient (Wildman–Crippen LogP) is 2.88. The van der Waals surface area contributed by atoms with Crippen LogP contribution in [0.5, 0.6) is 5.75 Å². The van der Waals surface area contributed by atoms with Crippen molar-refractivity contribution in [2.45, 2.75) is 25.0 Å². The molecular formula is C30H30N4O6S. The molecule has 6 unspecified atom stereocenters. The normalized spacial score (nSPS) is 27.3. The maximum absolute atomic E-state index is 13.9. The number of likely N-dealkylation sites (N-methyl/N-ethyl adjacent to an activating group) is 1. The fourth-order valence-electron chi connectivity index (χ4n) is 6.88. The van der Waals surface area contributed by atoms with Gasteiger partial charge in [-0.15, -0.1) is 11.3 Å². The Morgan fingerprint density at radius 3 is 2.54 bits per heavy atom. The van der Waals surface area contributed by atoms with Gasteiger partial charge in [0.25, 0.3) is 0 Å². The van der Waals surface area contributed by atoms with Crippen LogP contribution in [0.25, 0.3) is 17.0 Å². The second-order valence-electron chi connectivity index (χ2n) is 11.2. The van der Waals surface area contributed by atoms with Gasteiger partial charge in [-0.3, -0.25) is 14.4 Å². The number of carbonyl (C=O) groups is 3. The first-order chi connectivity index (χ1) is 19.6. The first-order valence-electron chi connectivity index (χ1n) is 13.4. The lowest BCUT2D eigenvalue weighted by Gasteiger charge is -2.50. The molecular weight excluding hydrogens is 544 g/mol. The number of nitrogens with one attached hydrogen (secondary N) is 1. The number of amides is 1. The van der Waals surface area contributed by atoms with Gasteiger partial charge < -0.3 is 31.3 Å². The molecule has 1 heterocycles. The molecule has 1 amide bonds. The zero-order valence-electron chi connectivity index (χ0n) is 22.4. The molecule has 6 N–H and O–H groups in total. The van der Waals surface area contributed by atoms with Crippen LogP contribution in [0.15, 0.2) is 53.4 Å². The van der Waals surface area contributed by atoms with Crippen LogP contribution in [-0.4, -0.2) is 68.9 Å². The Morgan fingerprint density at radius 1 is 1.12 bits per heavy atom. The number of Topliss-reactive ketones (excluding diaryl/α,β-unsaturated/α-hetero) is 2. The van der Waals surface area contributed by atoms with E-state index < -0.39 is 53.3 Å². The fourth-order valence-corrected chi connectivity index (χ4v) is 7.62. The number of phenols is 1. The summed E-state index contributed by atoms with van der Waals surface area (Å²) in [6.07, 6.45) is -0.643. The zero-order chi connectivity index (χ0) is 29.2. The number of thiazole rings is 1. The van der Waals surface area contributed by atoms with Crippen LogP contribution in [0, 0.1) is 23.7 Å². The summed E-state index contributed by atoms with van der Waals surface area (Å²) in [5, 5.41) is 39.2. The maximum atomic E-state index is 13.9. The minimum absolute atomic E-state index is 0.0669. The molecule has 212 valence electrons. The molecule has 0 spiro atoms. The number of primary amides is 1. The van der Waals surface area contributed by atoms with Gasteiger partial charge in [-0.25, -0.2) is 4.98 Å². The summed E-state index contributed by atoms with van der Waals surface area (Å²) in [6.45, 7) is 0. The van der Waals surface area contributed by atoms with Crippen molar-refractivity contribution < 1.29 is 29.7 Å². The molecule has 0 saturated heterocycles. The van der Waals surface area contributed by atoms with Crippen molar-refractivity contribution >= 4 is 45.4 Å². The number of phenolic OH excluding ortho intramolecular Hbond substituents is 1. The van der Waals surface area contributed by atoms with E-state index in [1.807, 2.05) is 35.7 Å². The highest BCUT2D eigenvalue weighted by Crippen LogP contribution is 2.51. The molecule has 10 nitrogen and oxygen atoms in total. The van der Waals surface area contributed by atoms with Gasteiger partial charge in [0.15, 0.2) is 16.7 Å². The van der Waals surface area contributed by atoms with Gasteiger partial charge >= 0.3 is 0 Å². The molecule has 2 saturated carbocycles. The lowest BCUT2D eigenvalue weighted by atomic mass is 9.57. The van der Waals surface area contributed by atoms with E-state index in [0.29, 0.717) is 29.2 Å². The number of carbonyl (C=O) groups excluding carboxylic acids is 3. The molecule has 6 rings (SSSR count). The number of nitrogens with two attached hydrogens (primary N) is 1. The van der Waals surface area contributed by atoms with Gasteiger partial charge in [0.2, 0.25) is 5.91 Å². The number of allylic oxidation sites excluding steroid dienone is 1. The first kappa shape index (κ1) is 27.1. The summed E-state index contributed by atoms with van der Waals surface area (Å²) < 4.78 is 0. The number of hydrogen-bond acceptors (Lipinski definition) is 10. The zero-order valence-corrected chi connectivity index (χ0v) is 23.3. The highest BCUT2D eigenvalue weighted by Gasteiger charge is 2.59. The Bertz CT molecular complexity index is 1600. The number of aromatic hydroxyl groups is 1. The van der Waals surface area contributed by atoms with Crippen molar-refractivity contribution in [3.8, 4) is 17.0 Å². The number of anilines is 2. The molecule has 3 aliphatic rings. The van der Waals surface area contributed by atoms with Crippen LogP contribution in [0.2, 0.25) is 0 Å². The van der Waals surface area contributed by atoms with E-state index in [4.69, 9.17) is 5.73 Å².